The average Bonchev–Trinajstić information content (AvgIpc) is 3.04. The second-order valence-corrected chi connectivity index (χ2v) is 7.48. The van der Waals surface area contributed by atoms with Gasteiger partial charge in [-0.05, 0) is 65.8 Å². The van der Waals surface area contributed by atoms with Gasteiger partial charge in [-0.2, -0.15) is 0 Å². The van der Waals surface area contributed by atoms with Crippen molar-refractivity contribution in [1.82, 2.24) is 4.98 Å². The Labute approximate surface area is 146 Å². The van der Waals surface area contributed by atoms with Crippen LogP contribution in [0.5, 0.6) is 0 Å². The Morgan fingerprint density at radius 3 is 2.79 bits per heavy atom. The standard InChI is InChI=1S/C21H19ClN2/c22-16-8-7-13-9-10-23-21(19(13)12-16)24-20-15-6-5-14(11-15)17-3-1-2-4-18(17)20/h1-4,7-10,12,14-15,20H,5-6,11H2,(H,23,24). The topological polar surface area (TPSA) is 24.9 Å². The Hall–Kier alpha value is -2.06. The van der Waals surface area contributed by atoms with E-state index in [2.05, 4.69) is 40.6 Å². The highest BCUT2D eigenvalue weighted by atomic mass is 35.5. The first kappa shape index (κ1) is 14.3. The molecule has 1 fully saturated rings. The predicted octanol–water partition coefficient (Wildman–Crippen LogP) is 5.94. The van der Waals surface area contributed by atoms with Gasteiger partial charge in [0.05, 0.1) is 6.04 Å². The number of pyridine rings is 1. The van der Waals surface area contributed by atoms with Crippen molar-refractivity contribution in [2.75, 3.05) is 5.32 Å². The Morgan fingerprint density at radius 2 is 1.88 bits per heavy atom. The van der Waals surface area contributed by atoms with Gasteiger partial charge >= 0.3 is 0 Å². The first-order valence-electron chi connectivity index (χ1n) is 8.69. The van der Waals surface area contributed by atoms with E-state index in [0.29, 0.717) is 12.0 Å². The minimum atomic E-state index is 0.344. The Kier molecular flexibility index (Phi) is 3.27. The van der Waals surface area contributed by atoms with Crippen LogP contribution in [0.3, 0.4) is 0 Å². The van der Waals surface area contributed by atoms with Gasteiger partial charge in [-0.15, -0.1) is 0 Å². The number of nitrogens with one attached hydrogen (secondary N) is 1. The minimum absolute atomic E-state index is 0.344. The van der Waals surface area contributed by atoms with Crippen LogP contribution in [0.25, 0.3) is 10.8 Å². The van der Waals surface area contributed by atoms with Crippen molar-refractivity contribution < 1.29 is 0 Å². The van der Waals surface area contributed by atoms with Gasteiger partial charge in [0.15, 0.2) is 0 Å². The van der Waals surface area contributed by atoms with Crippen LogP contribution in [-0.2, 0) is 0 Å². The van der Waals surface area contributed by atoms with Crippen LogP contribution >= 0.6 is 11.6 Å². The lowest BCUT2D eigenvalue weighted by Crippen LogP contribution is -2.24. The van der Waals surface area contributed by atoms with Crippen LogP contribution < -0.4 is 5.32 Å². The normalized spacial score (nSPS) is 24.8. The molecule has 2 aromatic carbocycles. The van der Waals surface area contributed by atoms with Crippen LogP contribution in [0.2, 0.25) is 5.02 Å². The molecule has 1 aromatic heterocycles. The number of hydrogen-bond acceptors (Lipinski definition) is 2. The number of nitrogens with zero attached hydrogens (tertiary/aromatic N) is 1. The van der Waals surface area contributed by atoms with E-state index in [-0.39, 0.29) is 0 Å². The second-order valence-electron chi connectivity index (χ2n) is 7.05. The molecule has 0 radical (unpaired) electrons. The molecule has 3 unspecified atom stereocenters. The van der Waals surface area contributed by atoms with Gasteiger partial charge in [0, 0.05) is 16.6 Å². The van der Waals surface area contributed by atoms with Gasteiger partial charge in [0.25, 0.3) is 0 Å². The van der Waals surface area contributed by atoms with Crippen molar-refractivity contribution >= 4 is 28.2 Å². The number of anilines is 1. The lowest BCUT2D eigenvalue weighted by atomic mass is 9.79. The van der Waals surface area contributed by atoms with Gasteiger partial charge in [0.2, 0.25) is 0 Å². The van der Waals surface area contributed by atoms with Crippen LogP contribution in [0.4, 0.5) is 5.82 Å². The summed E-state index contributed by atoms with van der Waals surface area (Å²) >= 11 is 6.22. The molecule has 5 rings (SSSR count). The third-order valence-electron chi connectivity index (χ3n) is 5.74. The molecule has 2 bridgehead atoms. The minimum Gasteiger partial charge on any atom is -0.362 e. The summed E-state index contributed by atoms with van der Waals surface area (Å²) in [5.41, 5.74) is 2.99. The molecule has 2 aliphatic carbocycles. The molecule has 0 spiro atoms. The molecule has 0 amide bonds. The maximum Gasteiger partial charge on any atom is 0.134 e. The Bertz CT molecular complexity index is 921. The molecule has 0 saturated heterocycles. The molecular formula is C21H19ClN2. The third-order valence-corrected chi connectivity index (χ3v) is 5.97. The zero-order chi connectivity index (χ0) is 16.1. The summed E-state index contributed by atoms with van der Waals surface area (Å²) < 4.78 is 0. The summed E-state index contributed by atoms with van der Waals surface area (Å²) in [6.07, 6.45) is 5.78. The van der Waals surface area contributed by atoms with Crippen LogP contribution in [-0.4, -0.2) is 4.98 Å². The summed E-state index contributed by atoms with van der Waals surface area (Å²) in [6.45, 7) is 0. The van der Waals surface area contributed by atoms with Gasteiger partial charge in [-0.3, -0.25) is 0 Å². The van der Waals surface area contributed by atoms with E-state index in [1.54, 1.807) is 0 Å². The quantitative estimate of drug-likeness (QED) is 0.627. The van der Waals surface area contributed by atoms with Crippen molar-refractivity contribution in [2.45, 2.75) is 31.2 Å². The van der Waals surface area contributed by atoms with Gasteiger partial charge in [-0.1, -0.05) is 41.9 Å². The van der Waals surface area contributed by atoms with Crippen molar-refractivity contribution in [3.8, 4) is 0 Å². The summed E-state index contributed by atoms with van der Waals surface area (Å²) in [5, 5.41) is 6.79. The number of hydrogen-bond donors (Lipinski definition) is 1. The Balaban J connectivity index is 1.60. The molecule has 1 heterocycles. The first-order chi connectivity index (χ1) is 11.8. The lowest BCUT2D eigenvalue weighted by Gasteiger charge is -2.33. The van der Waals surface area contributed by atoms with Gasteiger partial charge < -0.3 is 5.32 Å². The van der Waals surface area contributed by atoms with Crippen molar-refractivity contribution in [3.05, 3.63) is 70.9 Å². The average molecular weight is 335 g/mol. The third kappa shape index (κ3) is 2.21. The van der Waals surface area contributed by atoms with E-state index in [1.165, 1.54) is 35.8 Å². The predicted molar refractivity (Wildman–Crippen MR) is 99.6 cm³/mol. The van der Waals surface area contributed by atoms with Gasteiger partial charge in [-0.25, -0.2) is 4.98 Å². The zero-order valence-corrected chi connectivity index (χ0v) is 14.1. The molecule has 2 nitrogen and oxygen atoms in total. The molecule has 1 saturated carbocycles. The molecule has 3 heteroatoms. The number of aromatic nitrogens is 1. The fraction of sp³-hybridized carbons (Fsp3) is 0.286. The fourth-order valence-corrected chi connectivity index (χ4v) is 4.79. The Morgan fingerprint density at radius 1 is 1.00 bits per heavy atom. The molecular weight excluding hydrogens is 316 g/mol. The molecule has 2 aliphatic rings. The van der Waals surface area contributed by atoms with E-state index in [4.69, 9.17) is 11.6 Å². The van der Waals surface area contributed by atoms with Crippen LogP contribution in [0.1, 0.15) is 42.3 Å². The van der Waals surface area contributed by atoms with Crippen molar-refractivity contribution in [2.24, 2.45) is 5.92 Å². The van der Waals surface area contributed by atoms with E-state index < -0.39 is 0 Å². The maximum atomic E-state index is 6.22. The highest BCUT2D eigenvalue weighted by Crippen LogP contribution is 2.52. The summed E-state index contributed by atoms with van der Waals surface area (Å²) in [7, 11) is 0. The number of fused-ring (bicyclic) bond motifs is 5. The molecule has 1 N–H and O–H groups in total. The lowest BCUT2D eigenvalue weighted by molar-refractivity contribution is 0.440. The highest BCUT2D eigenvalue weighted by molar-refractivity contribution is 6.31. The SMILES string of the molecule is Clc1ccc2ccnc(NC3c4ccccc4C4CCC3C4)c2c1. The summed E-state index contributed by atoms with van der Waals surface area (Å²) in [6, 6.07) is 17.3. The summed E-state index contributed by atoms with van der Waals surface area (Å²) in [4.78, 5) is 4.63. The largest absolute Gasteiger partial charge is 0.362 e. The van der Waals surface area contributed by atoms with Gasteiger partial charge in [0.1, 0.15) is 5.82 Å². The van der Waals surface area contributed by atoms with E-state index in [9.17, 15) is 0 Å². The number of halogens is 1. The molecule has 3 aromatic rings. The van der Waals surface area contributed by atoms with E-state index in [0.717, 1.165) is 22.1 Å². The van der Waals surface area contributed by atoms with Crippen LogP contribution in [0, 0.1) is 5.92 Å². The summed E-state index contributed by atoms with van der Waals surface area (Å²) in [5.74, 6) is 2.39. The number of benzene rings is 2. The van der Waals surface area contributed by atoms with Crippen LogP contribution in [0.15, 0.2) is 54.7 Å². The van der Waals surface area contributed by atoms with E-state index >= 15 is 0 Å². The van der Waals surface area contributed by atoms with Crippen molar-refractivity contribution in [1.29, 1.82) is 0 Å². The maximum absolute atomic E-state index is 6.22. The molecule has 120 valence electrons. The molecule has 24 heavy (non-hydrogen) atoms. The molecule has 0 aliphatic heterocycles. The molecule has 3 atom stereocenters. The van der Waals surface area contributed by atoms with Crippen molar-refractivity contribution in [3.63, 3.8) is 0 Å². The fourth-order valence-electron chi connectivity index (χ4n) is 4.62. The van der Waals surface area contributed by atoms with E-state index in [1.807, 2.05) is 24.4 Å². The first-order valence-corrected chi connectivity index (χ1v) is 9.07. The number of rotatable bonds is 2. The smallest absolute Gasteiger partial charge is 0.134 e. The second kappa shape index (κ2) is 5.49. The zero-order valence-electron chi connectivity index (χ0n) is 13.4. The monoisotopic (exact) mass is 334 g/mol. The highest BCUT2D eigenvalue weighted by Gasteiger charge is 2.39.